The molecule has 16 heteroatoms. The van der Waals surface area contributed by atoms with E-state index in [4.69, 9.17) is 9.47 Å². The summed E-state index contributed by atoms with van der Waals surface area (Å²) in [5.41, 5.74) is 2.24. The van der Waals surface area contributed by atoms with Crippen LogP contribution in [0.5, 0.6) is 23.0 Å². The van der Waals surface area contributed by atoms with E-state index in [-0.39, 0.29) is 73.7 Å². The zero-order valence-corrected chi connectivity index (χ0v) is 42.7. The molecule has 16 nitrogen and oxygen atoms in total. The van der Waals surface area contributed by atoms with Crippen molar-refractivity contribution >= 4 is 23.7 Å². The quantitative estimate of drug-likeness (QED) is 0.0564. The number of ether oxygens (including phenoxy) is 2. The molecule has 0 aromatic heterocycles. The monoisotopic (exact) mass is 986 g/mol. The summed E-state index contributed by atoms with van der Waals surface area (Å²) >= 11 is 0. The van der Waals surface area contributed by atoms with Crippen molar-refractivity contribution in [3.8, 4) is 23.0 Å². The van der Waals surface area contributed by atoms with Gasteiger partial charge >= 0.3 is 5.97 Å². The van der Waals surface area contributed by atoms with Gasteiger partial charge in [0.05, 0.1) is 49.6 Å². The summed E-state index contributed by atoms with van der Waals surface area (Å²) in [6.45, 7) is 13.6. The summed E-state index contributed by atoms with van der Waals surface area (Å²) in [6, 6.07) is 1.25. The van der Waals surface area contributed by atoms with Crippen LogP contribution in [-0.4, -0.2) is 124 Å². The summed E-state index contributed by atoms with van der Waals surface area (Å²) in [5, 5.41) is 77.6. The highest BCUT2D eigenvalue weighted by molar-refractivity contribution is 6.03. The van der Waals surface area contributed by atoms with Crippen molar-refractivity contribution in [3.63, 3.8) is 0 Å². The molecule has 0 radical (unpaired) electrons. The Bertz CT molecular complexity index is 2500. The summed E-state index contributed by atoms with van der Waals surface area (Å²) < 4.78 is 13.1. The maximum atomic E-state index is 14.4. The standard InChI is InChI=1S/C55H75N3O13/c1-32(2)14-9-16-34(5)18-11-21-53(7)45(63)26-38-43(61)24-36-40(47(38)70-53)28-57(50(36)66)23-13-20-42(49(65)56-55(30-59,31-60)52(68)69)58-29-41-37(51(58)67)25-44(62)39-27-46(64)54(8,71-48(39)41)22-12-19-35(6)17-10-15-33(3)4/h14-15,18-19,24-25,42,45-46,59-64H,9-13,16-17,20-23,26-31H2,1-8H3,(H,56,65)(H,68,69)/b34-18+,35-19+/t42-,45-,46-,53+,54+/m0/s1. The number of allylic oxidation sites excluding steroid dienone is 8. The molecule has 4 aliphatic heterocycles. The third kappa shape index (κ3) is 11.8. The number of carboxylic acids is 1. The number of phenolic OH excluding ortho intramolecular Hbond substituents is 2. The molecule has 2 aromatic rings. The second-order valence-electron chi connectivity index (χ2n) is 21.1. The van der Waals surface area contributed by atoms with Crippen molar-refractivity contribution in [3.05, 3.63) is 92.1 Å². The lowest BCUT2D eigenvalue weighted by Gasteiger charge is -2.41. The number of fused-ring (bicyclic) bond motifs is 6. The van der Waals surface area contributed by atoms with Crippen LogP contribution < -0.4 is 14.8 Å². The Balaban J connectivity index is 1.21. The van der Waals surface area contributed by atoms with Crippen molar-refractivity contribution < 1.29 is 64.4 Å². The van der Waals surface area contributed by atoms with Crippen molar-refractivity contribution in [2.75, 3.05) is 19.8 Å². The average molecular weight is 986 g/mol. The minimum Gasteiger partial charge on any atom is -0.508 e. The third-order valence-corrected chi connectivity index (χ3v) is 14.8. The number of hydrogen-bond acceptors (Lipinski definition) is 12. The highest BCUT2D eigenvalue weighted by Crippen LogP contribution is 2.48. The number of amides is 3. The average Bonchev–Trinajstić information content (AvgIpc) is 3.79. The Kier molecular flexibility index (Phi) is 17.2. The number of benzene rings is 2. The predicted molar refractivity (Wildman–Crippen MR) is 267 cm³/mol. The third-order valence-electron chi connectivity index (χ3n) is 14.8. The van der Waals surface area contributed by atoms with Gasteiger partial charge in [-0.25, -0.2) is 4.79 Å². The van der Waals surface area contributed by atoms with Gasteiger partial charge in [-0.1, -0.05) is 46.6 Å². The van der Waals surface area contributed by atoms with Crippen LogP contribution in [0.25, 0.3) is 0 Å². The Morgan fingerprint density at radius 3 is 1.65 bits per heavy atom. The summed E-state index contributed by atoms with van der Waals surface area (Å²) in [5.74, 6) is -3.63. The number of aliphatic carboxylic acids is 1. The van der Waals surface area contributed by atoms with Crippen molar-refractivity contribution in [2.45, 2.75) is 181 Å². The van der Waals surface area contributed by atoms with E-state index in [0.717, 1.165) is 25.7 Å². The number of nitrogens with one attached hydrogen (secondary N) is 1. The molecule has 0 spiro atoms. The van der Waals surface area contributed by atoms with Crippen molar-refractivity contribution in [1.82, 2.24) is 15.1 Å². The largest absolute Gasteiger partial charge is 0.508 e. The molecule has 0 unspecified atom stereocenters. The number of rotatable bonds is 22. The maximum absolute atomic E-state index is 14.4. The molecule has 0 fully saturated rings. The Morgan fingerprint density at radius 2 is 1.20 bits per heavy atom. The van der Waals surface area contributed by atoms with Crippen LogP contribution in [0.15, 0.2) is 58.7 Å². The molecule has 6 rings (SSSR count). The van der Waals surface area contributed by atoms with E-state index in [1.807, 2.05) is 6.92 Å². The molecule has 0 saturated carbocycles. The first kappa shape index (κ1) is 54.6. The second kappa shape index (κ2) is 22.4. The molecule has 71 heavy (non-hydrogen) atoms. The number of phenols is 2. The van der Waals surface area contributed by atoms with E-state index >= 15 is 0 Å². The smallest absolute Gasteiger partial charge is 0.334 e. The lowest BCUT2D eigenvalue weighted by molar-refractivity contribution is -0.152. The number of hydrogen-bond donors (Lipinski definition) is 8. The number of carboxylic acid groups (broad SMARTS) is 1. The number of aromatic hydroxyl groups is 2. The van der Waals surface area contributed by atoms with Crippen LogP contribution in [0.2, 0.25) is 0 Å². The number of carbonyl (C=O) groups is 4. The molecule has 0 saturated heterocycles. The molecular formula is C55H75N3O13. The van der Waals surface area contributed by atoms with Crippen LogP contribution in [0.3, 0.4) is 0 Å². The first-order valence-corrected chi connectivity index (χ1v) is 24.9. The van der Waals surface area contributed by atoms with Gasteiger partial charge in [-0.05, 0) is 132 Å². The summed E-state index contributed by atoms with van der Waals surface area (Å²) in [6.07, 6.45) is 12.6. The second-order valence-corrected chi connectivity index (χ2v) is 21.1. The molecule has 4 heterocycles. The molecule has 388 valence electrons. The van der Waals surface area contributed by atoms with Crippen LogP contribution >= 0.6 is 0 Å². The van der Waals surface area contributed by atoms with Gasteiger partial charge in [-0.3, -0.25) is 14.4 Å². The fraction of sp³-hybridized carbons (Fsp3) is 0.564. The Labute approximate surface area is 417 Å². The SMILES string of the molecule is CC(C)=CCC/C(C)=C/CC[C@@]1(C)Oc2c(c(O)cc3c2CN(CCC[C@@H](C(=O)NC(CO)(CO)C(=O)O)N2Cc4c(cc(O)c5c4O[C@](C)(CC/C=C(\C)CCC=C(C)C)[C@@H](O)C5)C2=O)C3=O)C[C@@H]1O. The van der Waals surface area contributed by atoms with Gasteiger partial charge < -0.3 is 60.3 Å². The van der Waals surface area contributed by atoms with E-state index in [2.05, 4.69) is 71.2 Å². The van der Waals surface area contributed by atoms with E-state index < -0.39 is 71.9 Å². The highest BCUT2D eigenvalue weighted by atomic mass is 16.5. The predicted octanol–water partition coefficient (Wildman–Crippen LogP) is 6.84. The topological polar surface area (TPSA) is 247 Å². The van der Waals surface area contributed by atoms with E-state index in [1.54, 1.807) is 6.92 Å². The van der Waals surface area contributed by atoms with E-state index in [1.165, 1.54) is 44.2 Å². The molecule has 0 bridgehead atoms. The van der Waals surface area contributed by atoms with Gasteiger partial charge in [0.25, 0.3) is 11.8 Å². The molecule has 8 N–H and O–H groups in total. The molecule has 2 aromatic carbocycles. The fourth-order valence-corrected chi connectivity index (χ4v) is 10.1. The van der Waals surface area contributed by atoms with Gasteiger partial charge in [0.1, 0.15) is 40.2 Å². The Hall–Kier alpha value is -5.68. The summed E-state index contributed by atoms with van der Waals surface area (Å²) in [7, 11) is 0. The van der Waals surface area contributed by atoms with Crippen LogP contribution in [0.1, 0.15) is 163 Å². The normalized spacial score (nSPS) is 22.2. The van der Waals surface area contributed by atoms with Gasteiger partial charge in [0.2, 0.25) is 5.91 Å². The lowest BCUT2D eigenvalue weighted by atomic mass is 9.84. The van der Waals surface area contributed by atoms with Crippen LogP contribution in [-0.2, 0) is 35.5 Å². The zero-order chi connectivity index (χ0) is 52.2. The molecule has 5 atom stereocenters. The van der Waals surface area contributed by atoms with Gasteiger partial charge in [-0.2, -0.15) is 0 Å². The first-order valence-electron chi connectivity index (χ1n) is 24.9. The highest BCUT2D eigenvalue weighted by Gasteiger charge is 2.48. The van der Waals surface area contributed by atoms with Gasteiger partial charge in [-0.15, -0.1) is 0 Å². The number of nitrogens with zero attached hydrogens (tertiary/aromatic N) is 2. The van der Waals surface area contributed by atoms with Crippen molar-refractivity contribution in [2.24, 2.45) is 0 Å². The fourth-order valence-electron chi connectivity index (χ4n) is 10.1. The Morgan fingerprint density at radius 1 is 0.732 bits per heavy atom. The van der Waals surface area contributed by atoms with Crippen LogP contribution in [0, 0.1) is 0 Å². The van der Waals surface area contributed by atoms with Crippen molar-refractivity contribution in [1.29, 1.82) is 0 Å². The number of aliphatic hydroxyl groups excluding tert-OH is 4. The summed E-state index contributed by atoms with van der Waals surface area (Å²) in [4.78, 5) is 57.9. The molecule has 4 aliphatic rings. The minimum atomic E-state index is -2.49. The van der Waals surface area contributed by atoms with E-state index in [9.17, 15) is 54.9 Å². The van der Waals surface area contributed by atoms with E-state index in [0.29, 0.717) is 53.7 Å². The lowest BCUT2D eigenvalue weighted by Crippen LogP contribution is -2.63. The van der Waals surface area contributed by atoms with Gasteiger partial charge in [0, 0.05) is 41.6 Å². The maximum Gasteiger partial charge on any atom is 0.334 e. The zero-order valence-electron chi connectivity index (χ0n) is 42.7. The number of carbonyl (C=O) groups excluding carboxylic acids is 3. The minimum absolute atomic E-state index is 0.0345. The molecule has 0 aliphatic carbocycles. The molecular weight excluding hydrogens is 911 g/mol. The van der Waals surface area contributed by atoms with Gasteiger partial charge in [0.15, 0.2) is 5.54 Å². The molecule has 3 amide bonds. The first-order chi connectivity index (χ1) is 33.5. The number of aliphatic hydroxyl groups is 4. The van der Waals surface area contributed by atoms with Crippen LogP contribution in [0.4, 0.5) is 0 Å².